The van der Waals surface area contributed by atoms with Crippen molar-refractivity contribution >= 4 is 0 Å². The second-order valence-electron chi connectivity index (χ2n) is 5.47. The molecule has 0 atom stereocenters. The van der Waals surface area contributed by atoms with E-state index in [1.807, 2.05) is 11.7 Å². The first-order valence-electron chi connectivity index (χ1n) is 6.93. The minimum atomic E-state index is 0.719. The Labute approximate surface area is 105 Å². The molecular formula is C14H25N3. The van der Waals surface area contributed by atoms with Crippen molar-refractivity contribution in [1.82, 2.24) is 15.1 Å². The molecule has 1 saturated carbocycles. The van der Waals surface area contributed by atoms with E-state index in [4.69, 9.17) is 0 Å². The lowest BCUT2D eigenvalue weighted by Crippen LogP contribution is -2.32. The maximum atomic E-state index is 4.48. The highest BCUT2D eigenvalue weighted by Gasteiger charge is 2.18. The topological polar surface area (TPSA) is 29.9 Å². The Kier molecular flexibility index (Phi) is 4.21. The molecule has 17 heavy (non-hydrogen) atoms. The Morgan fingerprint density at radius 2 is 2.06 bits per heavy atom. The van der Waals surface area contributed by atoms with Crippen molar-refractivity contribution in [3.63, 3.8) is 0 Å². The molecule has 0 aromatic carbocycles. The summed E-state index contributed by atoms with van der Waals surface area (Å²) in [5, 5.41) is 8.17. The minimum absolute atomic E-state index is 0.719. The first-order chi connectivity index (χ1) is 8.19. The number of nitrogens with zero attached hydrogens (tertiary/aromatic N) is 2. The van der Waals surface area contributed by atoms with Gasteiger partial charge in [-0.1, -0.05) is 13.8 Å². The zero-order valence-electron chi connectivity index (χ0n) is 11.4. The molecule has 0 spiro atoms. The van der Waals surface area contributed by atoms with Crippen LogP contribution in [0.5, 0.6) is 0 Å². The van der Waals surface area contributed by atoms with Crippen LogP contribution in [0.1, 0.15) is 50.8 Å². The van der Waals surface area contributed by atoms with Crippen LogP contribution in [-0.4, -0.2) is 15.8 Å². The number of aromatic nitrogens is 2. The van der Waals surface area contributed by atoms with E-state index < -0.39 is 0 Å². The molecule has 0 unspecified atom stereocenters. The Morgan fingerprint density at radius 3 is 2.71 bits per heavy atom. The fourth-order valence-electron chi connectivity index (χ4n) is 2.75. The van der Waals surface area contributed by atoms with Crippen molar-refractivity contribution in [3.05, 3.63) is 17.5 Å². The average molecular weight is 235 g/mol. The molecule has 3 heteroatoms. The van der Waals surface area contributed by atoms with Crippen LogP contribution in [0.25, 0.3) is 0 Å². The second-order valence-corrected chi connectivity index (χ2v) is 5.47. The molecule has 1 aliphatic carbocycles. The van der Waals surface area contributed by atoms with Crippen molar-refractivity contribution in [1.29, 1.82) is 0 Å². The molecule has 0 saturated heterocycles. The molecule has 0 radical (unpaired) electrons. The summed E-state index contributed by atoms with van der Waals surface area (Å²) in [7, 11) is 2.00. The standard InChI is InChI=1S/C14H25N3/c1-4-14-12(10-17(3)16-14)9-15-13-7-5-11(2)6-8-13/h10-11,13,15H,4-9H2,1-3H3. The van der Waals surface area contributed by atoms with Gasteiger partial charge in [0, 0.05) is 31.4 Å². The molecule has 1 heterocycles. The van der Waals surface area contributed by atoms with Gasteiger partial charge < -0.3 is 5.32 Å². The van der Waals surface area contributed by atoms with E-state index in [9.17, 15) is 0 Å². The molecule has 0 bridgehead atoms. The third-order valence-corrected chi connectivity index (χ3v) is 3.92. The van der Waals surface area contributed by atoms with Gasteiger partial charge in [-0.05, 0) is 38.0 Å². The lowest BCUT2D eigenvalue weighted by atomic mass is 9.87. The van der Waals surface area contributed by atoms with E-state index in [-0.39, 0.29) is 0 Å². The van der Waals surface area contributed by atoms with Gasteiger partial charge >= 0.3 is 0 Å². The summed E-state index contributed by atoms with van der Waals surface area (Å²) in [5.41, 5.74) is 2.61. The predicted molar refractivity (Wildman–Crippen MR) is 70.8 cm³/mol. The van der Waals surface area contributed by atoms with Crippen LogP contribution in [0, 0.1) is 5.92 Å². The molecule has 96 valence electrons. The van der Waals surface area contributed by atoms with Crippen LogP contribution in [0.3, 0.4) is 0 Å². The number of hydrogen-bond acceptors (Lipinski definition) is 2. The molecule has 0 amide bonds. The summed E-state index contributed by atoms with van der Waals surface area (Å²) in [6, 6.07) is 0.719. The van der Waals surface area contributed by atoms with Gasteiger partial charge in [0.2, 0.25) is 0 Å². The number of aryl methyl sites for hydroxylation is 2. The monoisotopic (exact) mass is 235 g/mol. The minimum Gasteiger partial charge on any atom is -0.310 e. The molecule has 1 aliphatic rings. The average Bonchev–Trinajstić information content (AvgIpc) is 2.69. The molecular weight excluding hydrogens is 210 g/mol. The van der Waals surface area contributed by atoms with E-state index in [0.717, 1.165) is 24.9 Å². The van der Waals surface area contributed by atoms with Crippen molar-refractivity contribution in [2.45, 2.75) is 58.5 Å². The first kappa shape index (κ1) is 12.6. The van der Waals surface area contributed by atoms with Gasteiger partial charge in [-0.3, -0.25) is 4.68 Å². The molecule has 2 rings (SSSR count). The highest BCUT2D eigenvalue weighted by atomic mass is 15.3. The molecule has 1 fully saturated rings. The largest absolute Gasteiger partial charge is 0.310 e. The zero-order chi connectivity index (χ0) is 12.3. The normalized spacial score (nSPS) is 25.1. The molecule has 1 aromatic rings. The summed E-state index contributed by atoms with van der Waals surface area (Å²) in [6.45, 7) is 5.52. The SMILES string of the molecule is CCc1nn(C)cc1CNC1CCC(C)CC1. The van der Waals surface area contributed by atoms with E-state index in [0.29, 0.717) is 0 Å². The smallest absolute Gasteiger partial charge is 0.0666 e. The fraction of sp³-hybridized carbons (Fsp3) is 0.786. The summed E-state index contributed by atoms with van der Waals surface area (Å²) in [4.78, 5) is 0. The molecule has 3 nitrogen and oxygen atoms in total. The van der Waals surface area contributed by atoms with Crippen molar-refractivity contribution in [3.8, 4) is 0 Å². The highest BCUT2D eigenvalue weighted by molar-refractivity contribution is 5.16. The van der Waals surface area contributed by atoms with E-state index >= 15 is 0 Å². The lowest BCUT2D eigenvalue weighted by Gasteiger charge is -2.27. The lowest BCUT2D eigenvalue weighted by molar-refractivity contribution is 0.306. The van der Waals surface area contributed by atoms with Gasteiger partial charge in [-0.2, -0.15) is 5.10 Å². The van der Waals surface area contributed by atoms with Gasteiger partial charge in [0.15, 0.2) is 0 Å². The Bertz CT molecular complexity index is 348. The van der Waals surface area contributed by atoms with Gasteiger partial charge in [-0.25, -0.2) is 0 Å². The van der Waals surface area contributed by atoms with E-state index in [1.54, 1.807) is 0 Å². The van der Waals surface area contributed by atoms with Gasteiger partial charge in [0.05, 0.1) is 5.69 Å². The summed E-state index contributed by atoms with van der Waals surface area (Å²) in [6.07, 6.45) is 8.61. The van der Waals surface area contributed by atoms with Crippen LogP contribution < -0.4 is 5.32 Å². The highest BCUT2D eigenvalue weighted by Crippen LogP contribution is 2.23. The van der Waals surface area contributed by atoms with E-state index in [1.165, 1.54) is 36.9 Å². The van der Waals surface area contributed by atoms with Crippen LogP contribution in [0.4, 0.5) is 0 Å². The molecule has 0 aliphatic heterocycles. The summed E-state index contributed by atoms with van der Waals surface area (Å²) >= 11 is 0. The fourth-order valence-corrected chi connectivity index (χ4v) is 2.75. The first-order valence-corrected chi connectivity index (χ1v) is 6.93. The third kappa shape index (κ3) is 3.32. The quantitative estimate of drug-likeness (QED) is 0.869. The van der Waals surface area contributed by atoms with Crippen LogP contribution in [0.15, 0.2) is 6.20 Å². The Hall–Kier alpha value is -0.830. The van der Waals surface area contributed by atoms with Crippen LogP contribution in [0.2, 0.25) is 0 Å². The second kappa shape index (κ2) is 5.67. The van der Waals surface area contributed by atoms with E-state index in [2.05, 4.69) is 30.5 Å². The zero-order valence-corrected chi connectivity index (χ0v) is 11.4. The van der Waals surface area contributed by atoms with Crippen LogP contribution >= 0.6 is 0 Å². The molecule has 1 N–H and O–H groups in total. The number of nitrogens with one attached hydrogen (secondary N) is 1. The molecule has 1 aromatic heterocycles. The van der Waals surface area contributed by atoms with Crippen molar-refractivity contribution in [2.24, 2.45) is 13.0 Å². The maximum absolute atomic E-state index is 4.48. The number of rotatable bonds is 4. The summed E-state index contributed by atoms with van der Waals surface area (Å²) < 4.78 is 1.93. The van der Waals surface area contributed by atoms with Crippen molar-refractivity contribution in [2.75, 3.05) is 0 Å². The summed E-state index contributed by atoms with van der Waals surface area (Å²) in [5.74, 6) is 0.928. The van der Waals surface area contributed by atoms with Gasteiger partial charge in [0.25, 0.3) is 0 Å². The Morgan fingerprint density at radius 1 is 1.35 bits per heavy atom. The van der Waals surface area contributed by atoms with Gasteiger partial charge in [0.1, 0.15) is 0 Å². The van der Waals surface area contributed by atoms with Crippen molar-refractivity contribution < 1.29 is 0 Å². The van der Waals surface area contributed by atoms with Gasteiger partial charge in [-0.15, -0.1) is 0 Å². The third-order valence-electron chi connectivity index (χ3n) is 3.92. The van der Waals surface area contributed by atoms with Crippen LogP contribution in [-0.2, 0) is 20.0 Å². The maximum Gasteiger partial charge on any atom is 0.0666 e. The Balaban J connectivity index is 1.85. The predicted octanol–water partition coefficient (Wildman–Crippen LogP) is 2.65. The number of hydrogen-bond donors (Lipinski definition) is 1.